The summed E-state index contributed by atoms with van der Waals surface area (Å²) < 4.78 is 10.7. The van der Waals surface area contributed by atoms with Crippen LogP contribution in [-0.4, -0.2) is 50.2 Å². The lowest BCUT2D eigenvalue weighted by Gasteiger charge is -2.28. The van der Waals surface area contributed by atoms with Gasteiger partial charge in [0, 0.05) is 19.6 Å². The van der Waals surface area contributed by atoms with Gasteiger partial charge in [-0.05, 0) is 45.6 Å². The number of hydrogen-bond donors (Lipinski definition) is 0. The summed E-state index contributed by atoms with van der Waals surface area (Å²) >= 11 is 0. The molecular formula is C18H33NO4. The maximum atomic E-state index is 12.7. The second kappa shape index (κ2) is 8.25. The molecular weight excluding hydrogens is 294 g/mol. The number of rotatable bonds is 1. The molecule has 1 fully saturated rings. The molecule has 0 aromatic carbocycles. The van der Waals surface area contributed by atoms with Crippen molar-refractivity contribution in [1.29, 1.82) is 0 Å². The van der Waals surface area contributed by atoms with E-state index in [-0.39, 0.29) is 11.7 Å². The molecule has 134 valence electrons. The van der Waals surface area contributed by atoms with E-state index >= 15 is 0 Å². The number of methoxy groups -OCH3 is 1. The number of nitrogens with zero attached hydrogens (tertiary/aromatic N) is 1. The van der Waals surface area contributed by atoms with Gasteiger partial charge in [-0.3, -0.25) is 9.59 Å². The van der Waals surface area contributed by atoms with E-state index in [1.807, 2.05) is 14.0 Å². The van der Waals surface area contributed by atoms with E-state index in [1.54, 1.807) is 13.8 Å². The van der Waals surface area contributed by atoms with Crippen LogP contribution in [0.25, 0.3) is 0 Å². The van der Waals surface area contributed by atoms with Crippen LogP contribution in [0.1, 0.15) is 47.5 Å². The van der Waals surface area contributed by atoms with E-state index in [4.69, 9.17) is 9.47 Å². The summed E-state index contributed by atoms with van der Waals surface area (Å²) in [6, 6.07) is 0. The second-order valence-electron chi connectivity index (χ2n) is 7.86. The predicted octanol–water partition coefficient (Wildman–Crippen LogP) is 2.73. The average molecular weight is 327 g/mol. The Hall–Kier alpha value is -0.940. The fraction of sp³-hybridized carbons (Fsp3) is 0.889. The summed E-state index contributed by atoms with van der Waals surface area (Å²) in [6.07, 6.45) is 1.21. The zero-order valence-corrected chi connectivity index (χ0v) is 15.7. The zero-order chi connectivity index (χ0) is 17.8. The van der Waals surface area contributed by atoms with Crippen LogP contribution in [0.2, 0.25) is 0 Å². The molecule has 5 nitrogen and oxygen atoms in total. The van der Waals surface area contributed by atoms with Gasteiger partial charge in [-0.1, -0.05) is 20.8 Å². The molecule has 0 aromatic rings. The fourth-order valence-electron chi connectivity index (χ4n) is 3.57. The molecule has 1 aliphatic rings. The molecule has 0 aliphatic carbocycles. The van der Waals surface area contributed by atoms with Crippen molar-refractivity contribution in [3.05, 3.63) is 0 Å². The van der Waals surface area contributed by atoms with Gasteiger partial charge in [-0.25, -0.2) is 0 Å². The number of hydrogen-bond acceptors (Lipinski definition) is 5. The zero-order valence-electron chi connectivity index (χ0n) is 15.7. The van der Waals surface area contributed by atoms with Crippen molar-refractivity contribution >= 4 is 11.8 Å². The van der Waals surface area contributed by atoms with Crippen LogP contribution in [0.5, 0.6) is 0 Å². The highest BCUT2D eigenvalue weighted by atomic mass is 16.7. The van der Waals surface area contributed by atoms with Crippen LogP contribution in [0, 0.1) is 23.2 Å². The van der Waals surface area contributed by atoms with E-state index in [9.17, 15) is 9.59 Å². The molecule has 0 bridgehead atoms. The minimum absolute atomic E-state index is 0.0514. The lowest BCUT2D eigenvalue weighted by atomic mass is 9.78. The Morgan fingerprint density at radius 2 is 1.70 bits per heavy atom. The third-order valence-electron chi connectivity index (χ3n) is 4.72. The first-order chi connectivity index (χ1) is 10.6. The molecule has 1 saturated heterocycles. The lowest BCUT2D eigenvalue weighted by molar-refractivity contribution is -0.187. The maximum Gasteiger partial charge on any atom is 0.321 e. The Labute approximate surface area is 140 Å². The van der Waals surface area contributed by atoms with E-state index in [1.165, 1.54) is 7.11 Å². The Bertz CT molecular complexity index is 421. The van der Waals surface area contributed by atoms with Crippen LogP contribution < -0.4 is 0 Å². The van der Waals surface area contributed by atoms with Gasteiger partial charge in [0.15, 0.2) is 5.78 Å². The van der Waals surface area contributed by atoms with Gasteiger partial charge in [0.25, 0.3) is 0 Å². The van der Waals surface area contributed by atoms with Crippen molar-refractivity contribution in [2.75, 3.05) is 27.2 Å². The van der Waals surface area contributed by atoms with Gasteiger partial charge in [-0.2, -0.15) is 0 Å². The summed E-state index contributed by atoms with van der Waals surface area (Å²) in [5.41, 5.74) is -1.14. The van der Waals surface area contributed by atoms with Gasteiger partial charge in [0.1, 0.15) is 5.41 Å². The maximum absolute atomic E-state index is 12.7. The minimum Gasteiger partial charge on any atom is -0.434 e. The van der Waals surface area contributed by atoms with Crippen molar-refractivity contribution in [2.24, 2.45) is 23.2 Å². The third kappa shape index (κ3) is 5.57. The number of ketones is 1. The highest BCUT2D eigenvalue weighted by Crippen LogP contribution is 2.29. The number of ether oxygens (including phenoxy) is 2. The molecule has 0 N–H and O–H groups in total. The summed E-state index contributed by atoms with van der Waals surface area (Å²) in [4.78, 5) is 27.3. The lowest BCUT2D eigenvalue weighted by Crippen LogP contribution is -2.43. The minimum atomic E-state index is -1.14. The van der Waals surface area contributed by atoms with Crippen molar-refractivity contribution < 1.29 is 19.1 Å². The summed E-state index contributed by atoms with van der Waals surface area (Å²) in [6.45, 7) is 11.0. The largest absolute Gasteiger partial charge is 0.434 e. The average Bonchev–Trinajstić information content (AvgIpc) is 2.43. The first-order valence-electron chi connectivity index (χ1n) is 8.54. The summed E-state index contributed by atoms with van der Waals surface area (Å²) in [5, 5.41) is 0. The summed E-state index contributed by atoms with van der Waals surface area (Å²) in [5.74, 6) is 0.251. The molecule has 1 heterocycles. The van der Waals surface area contributed by atoms with Crippen LogP contribution in [-0.2, 0) is 19.1 Å². The SMILES string of the molecule is COC1CN(C)CC(C)CC(C)CC(C)C(=O)C(C)(C)C(=O)O1. The predicted molar refractivity (Wildman–Crippen MR) is 89.9 cm³/mol. The number of carbonyl (C=O) groups excluding carboxylic acids is 2. The van der Waals surface area contributed by atoms with E-state index in [2.05, 4.69) is 18.7 Å². The van der Waals surface area contributed by atoms with Crippen molar-refractivity contribution in [1.82, 2.24) is 4.90 Å². The highest BCUT2D eigenvalue weighted by Gasteiger charge is 2.41. The van der Waals surface area contributed by atoms with Crippen LogP contribution in [0.15, 0.2) is 0 Å². The molecule has 0 amide bonds. The van der Waals surface area contributed by atoms with E-state index in [0.717, 1.165) is 19.4 Å². The summed E-state index contributed by atoms with van der Waals surface area (Å²) in [7, 11) is 3.52. The van der Waals surface area contributed by atoms with Gasteiger partial charge in [-0.15, -0.1) is 0 Å². The number of esters is 1. The molecule has 1 rings (SSSR count). The monoisotopic (exact) mass is 327 g/mol. The Balaban J connectivity index is 3.03. The Kier molecular flexibility index (Phi) is 7.21. The number of cyclic esters (lactones) is 1. The number of likely N-dealkylation sites (N-methyl/N-ethyl adjacent to an activating group) is 1. The van der Waals surface area contributed by atoms with Crippen molar-refractivity contribution in [3.63, 3.8) is 0 Å². The standard InChI is InChI=1S/C18H33NO4/c1-12-8-13(2)10-19(6)11-15(22-7)23-17(21)18(4,5)16(20)14(3)9-12/h12-15H,8-11H2,1-7H3. The van der Waals surface area contributed by atoms with Gasteiger partial charge in [0.2, 0.25) is 6.29 Å². The first kappa shape index (κ1) is 20.1. The van der Waals surface area contributed by atoms with E-state index < -0.39 is 17.7 Å². The smallest absolute Gasteiger partial charge is 0.321 e. The van der Waals surface area contributed by atoms with Gasteiger partial charge < -0.3 is 14.4 Å². The number of Topliss-reactive ketones (excluding diaryl/α,β-unsaturated/α-hetero) is 1. The Morgan fingerprint density at radius 1 is 1.09 bits per heavy atom. The van der Waals surface area contributed by atoms with Crippen LogP contribution in [0.3, 0.4) is 0 Å². The molecule has 0 aromatic heterocycles. The molecule has 4 atom stereocenters. The molecule has 1 aliphatic heterocycles. The first-order valence-corrected chi connectivity index (χ1v) is 8.54. The highest BCUT2D eigenvalue weighted by molar-refractivity contribution is 6.03. The molecule has 0 spiro atoms. The molecule has 0 saturated carbocycles. The third-order valence-corrected chi connectivity index (χ3v) is 4.72. The normalized spacial score (nSPS) is 34.9. The molecule has 5 heteroatoms. The molecule has 0 radical (unpaired) electrons. The van der Waals surface area contributed by atoms with Gasteiger partial charge in [0.05, 0.1) is 6.54 Å². The molecule has 23 heavy (non-hydrogen) atoms. The Morgan fingerprint density at radius 3 is 2.26 bits per heavy atom. The van der Waals surface area contributed by atoms with E-state index in [0.29, 0.717) is 18.4 Å². The molecule has 4 unspecified atom stereocenters. The van der Waals surface area contributed by atoms with Gasteiger partial charge >= 0.3 is 5.97 Å². The second-order valence-corrected chi connectivity index (χ2v) is 7.86. The number of carbonyl (C=O) groups is 2. The fourth-order valence-corrected chi connectivity index (χ4v) is 3.57. The van der Waals surface area contributed by atoms with Crippen LogP contribution >= 0.6 is 0 Å². The topological polar surface area (TPSA) is 55.8 Å². The van der Waals surface area contributed by atoms with Crippen molar-refractivity contribution in [3.8, 4) is 0 Å². The van der Waals surface area contributed by atoms with Crippen molar-refractivity contribution in [2.45, 2.75) is 53.8 Å². The quantitative estimate of drug-likeness (QED) is 0.547. The van der Waals surface area contributed by atoms with Crippen LogP contribution in [0.4, 0.5) is 0 Å².